The van der Waals surface area contributed by atoms with Crippen LogP contribution in [0.3, 0.4) is 0 Å². The predicted molar refractivity (Wildman–Crippen MR) is 92.9 cm³/mol. The molecule has 0 spiro atoms. The van der Waals surface area contributed by atoms with Crippen molar-refractivity contribution in [3.63, 3.8) is 0 Å². The van der Waals surface area contributed by atoms with E-state index in [1.807, 2.05) is 24.3 Å². The number of carboxylic acid groups (broad SMARTS) is 1. The maximum Gasteiger partial charge on any atom is 0.307 e. The van der Waals surface area contributed by atoms with Crippen LogP contribution in [0, 0.1) is 11.8 Å². The van der Waals surface area contributed by atoms with E-state index in [1.54, 1.807) is 0 Å². The van der Waals surface area contributed by atoms with E-state index in [4.69, 9.17) is 10.8 Å². The summed E-state index contributed by atoms with van der Waals surface area (Å²) in [5, 5.41) is 8.73. The summed E-state index contributed by atoms with van der Waals surface area (Å²) >= 11 is 3.34. The van der Waals surface area contributed by atoms with Crippen molar-refractivity contribution in [2.24, 2.45) is 17.6 Å². The molecule has 3 nitrogen and oxygen atoms in total. The van der Waals surface area contributed by atoms with E-state index in [0.717, 1.165) is 22.4 Å². The van der Waals surface area contributed by atoms with Crippen molar-refractivity contribution in [3.8, 4) is 0 Å². The number of rotatable bonds is 3. The highest BCUT2D eigenvalue weighted by molar-refractivity contribution is 9.10. The minimum absolute atomic E-state index is 0.152. The topological polar surface area (TPSA) is 63.3 Å². The molecule has 0 aromatic heterocycles. The van der Waals surface area contributed by atoms with Crippen molar-refractivity contribution >= 4 is 21.9 Å². The molecule has 0 radical (unpaired) electrons. The average molecular weight is 368 g/mol. The Balaban J connectivity index is 0.000000172. The lowest BCUT2D eigenvalue weighted by atomic mass is 9.85. The fourth-order valence-corrected chi connectivity index (χ4v) is 3.47. The van der Waals surface area contributed by atoms with E-state index in [9.17, 15) is 4.79 Å². The second-order valence-electron chi connectivity index (χ2n) is 6.60. The first-order valence-corrected chi connectivity index (χ1v) is 9.02. The summed E-state index contributed by atoms with van der Waals surface area (Å²) in [4.78, 5) is 10.6. The lowest BCUT2D eigenvalue weighted by Gasteiger charge is -2.24. The molecule has 0 heterocycles. The largest absolute Gasteiger partial charge is 0.481 e. The van der Waals surface area contributed by atoms with Gasteiger partial charge in [0.05, 0.1) is 5.92 Å². The van der Waals surface area contributed by atoms with Gasteiger partial charge in [0.1, 0.15) is 0 Å². The van der Waals surface area contributed by atoms with Crippen LogP contribution in [0.25, 0.3) is 0 Å². The van der Waals surface area contributed by atoms with Gasteiger partial charge in [0, 0.05) is 10.5 Å². The van der Waals surface area contributed by atoms with Crippen LogP contribution in [0.1, 0.15) is 56.9 Å². The summed E-state index contributed by atoms with van der Waals surface area (Å²) in [6.07, 6.45) is 7.79. The number of nitrogens with two attached hydrogens (primary N) is 1. The average Bonchev–Trinajstić information content (AvgIpc) is 3.30. The second kappa shape index (κ2) is 8.11. The highest BCUT2D eigenvalue weighted by Crippen LogP contribution is 2.47. The monoisotopic (exact) mass is 367 g/mol. The molecule has 0 bridgehead atoms. The zero-order valence-corrected chi connectivity index (χ0v) is 14.8. The first kappa shape index (κ1) is 17.5. The van der Waals surface area contributed by atoms with Gasteiger partial charge in [0.25, 0.3) is 0 Å². The van der Waals surface area contributed by atoms with Gasteiger partial charge in [-0.25, -0.2) is 0 Å². The third kappa shape index (κ3) is 5.10. The zero-order valence-electron chi connectivity index (χ0n) is 13.2. The molecule has 22 heavy (non-hydrogen) atoms. The number of carboxylic acids is 1. The molecule has 4 heteroatoms. The minimum Gasteiger partial charge on any atom is -0.481 e. The van der Waals surface area contributed by atoms with Gasteiger partial charge in [-0.3, -0.25) is 4.79 Å². The maximum absolute atomic E-state index is 10.6. The van der Waals surface area contributed by atoms with E-state index in [0.29, 0.717) is 6.04 Å². The third-order valence-corrected chi connectivity index (χ3v) is 5.33. The van der Waals surface area contributed by atoms with Crippen LogP contribution in [-0.4, -0.2) is 17.1 Å². The Labute approximate surface area is 141 Å². The van der Waals surface area contributed by atoms with Crippen LogP contribution >= 0.6 is 15.9 Å². The SMILES string of the molecule is C[C@@H](N)C1CCCCC1.O=C(O)C1CC1c1ccc(Br)cc1. The van der Waals surface area contributed by atoms with E-state index in [-0.39, 0.29) is 11.8 Å². The lowest BCUT2D eigenvalue weighted by Crippen LogP contribution is -2.27. The van der Waals surface area contributed by atoms with Crippen molar-refractivity contribution in [1.29, 1.82) is 0 Å². The van der Waals surface area contributed by atoms with Crippen LogP contribution in [-0.2, 0) is 4.79 Å². The molecule has 2 saturated carbocycles. The van der Waals surface area contributed by atoms with Crippen molar-refractivity contribution < 1.29 is 9.90 Å². The fraction of sp³-hybridized carbons (Fsp3) is 0.611. The molecule has 2 aliphatic carbocycles. The first-order chi connectivity index (χ1) is 10.5. The standard InChI is InChI=1S/C10H9BrO2.C8H17N/c11-7-3-1-6(2-4-7)8-5-9(8)10(12)13;1-7(9)8-5-3-2-4-6-8/h1-4,8-9H,5H2,(H,12,13);7-8H,2-6,9H2,1H3/t;7-/m.1/s1. The van der Waals surface area contributed by atoms with Crippen LogP contribution in [0.2, 0.25) is 0 Å². The Morgan fingerprint density at radius 2 is 1.82 bits per heavy atom. The number of carbonyl (C=O) groups is 1. The molecule has 2 aliphatic rings. The van der Waals surface area contributed by atoms with Crippen LogP contribution < -0.4 is 5.73 Å². The van der Waals surface area contributed by atoms with Crippen molar-refractivity contribution in [2.75, 3.05) is 0 Å². The molecular formula is C18H26BrNO2. The first-order valence-electron chi connectivity index (χ1n) is 8.23. The normalized spacial score (nSPS) is 25.8. The highest BCUT2D eigenvalue weighted by atomic mass is 79.9. The van der Waals surface area contributed by atoms with Crippen LogP contribution in [0.4, 0.5) is 0 Å². The molecule has 3 atom stereocenters. The zero-order chi connectivity index (χ0) is 16.1. The Kier molecular flexibility index (Phi) is 6.45. The number of hydrogen-bond donors (Lipinski definition) is 2. The number of aliphatic carboxylic acids is 1. The van der Waals surface area contributed by atoms with Gasteiger partial charge in [-0.1, -0.05) is 47.3 Å². The summed E-state index contributed by atoms with van der Waals surface area (Å²) in [6.45, 7) is 2.13. The Morgan fingerprint density at radius 1 is 1.23 bits per heavy atom. The summed E-state index contributed by atoms with van der Waals surface area (Å²) in [5.74, 6) is 0.249. The molecule has 1 aromatic rings. The molecule has 0 saturated heterocycles. The van der Waals surface area contributed by atoms with Gasteiger partial charge in [0.2, 0.25) is 0 Å². The summed E-state index contributed by atoms with van der Waals surface area (Å²) in [7, 11) is 0. The molecule has 122 valence electrons. The van der Waals surface area contributed by atoms with E-state index in [2.05, 4.69) is 22.9 Å². The van der Waals surface area contributed by atoms with Crippen molar-refractivity contribution in [3.05, 3.63) is 34.3 Å². The minimum atomic E-state index is -0.673. The summed E-state index contributed by atoms with van der Waals surface area (Å²) < 4.78 is 1.03. The van der Waals surface area contributed by atoms with Gasteiger partial charge in [0.15, 0.2) is 0 Å². The molecule has 1 aromatic carbocycles. The smallest absolute Gasteiger partial charge is 0.307 e. The van der Waals surface area contributed by atoms with E-state index >= 15 is 0 Å². The molecule has 2 unspecified atom stereocenters. The number of benzene rings is 1. The highest BCUT2D eigenvalue weighted by Gasteiger charge is 2.43. The van der Waals surface area contributed by atoms with E-state index < -0.39 is 5.97 Å². The van der Waals surface area contributed by atoms with Crippen molar-refractivity contribution in [1.82, 2.24) is 0 Å². The van der Waals surface area contributed by atoms with Gasteiger partial charge in [-0.05, 0) is 55.7 Å². The third-order valence-electron chi connectivity index (χ3n) is 4.80. The lowest BCUT2D eigenvalue weighted by molar-refractivity contribution is -0.138. The predicted octanol–water partition coefficient (Wildman–Crippen LogP) is 4.55. The molecule has 3 N–H and O–H groups in total. The second-order valence-corrected chi connectivity index (χ2v) is 7.51. The Hall–Kier alpha value is -0.870. The quantitative estimate of drug-likeness (QED) is 0.823. The number of halogens is 1. The molecule has 0 amide bonds. The van der Waals surface area contributed by atoms with Gasteiger partial charge >= 0.3 is 5.97 Å². The van der Waals surface area contributed by atoms with Crippen LogP contribution in [0.5, 0.6) is 0 Å². The molecular weight excluding hydrogens is 342 g/mol. The van der Waals surface area contributed by atoms with Crippen LogP contribution in [0.15, 0.2) is 28.7 Å². The molecule has 2 fully saturated rings. The van der Waals surface area contributed by atoms with Gasteiger partial charge in [-0.2, -0.15) is 0 Å². The fourth-order valence-electron chi connectivity index (χ4n) is 3.21. The Morgan fingerprint density at radius 3 is 2.23 bits per heavy atom. The van der Waals surface area contributed by atoms with Crippen molar-refractivity contribution in [2.45, 2.75) is 57.4 Å². The summed E-state index contributed by atoms with van der Waals surface area (Å²) in [5.41, 5.74) is 6.90. The maximum atomic E-state index is 10.6. The molecule has 3 rings (SSSR count). The van der Waals surface area contributed by atoms with E-state index in [1.165, 1.54) is 32.1 Å². The number of hydrogen-bond acceptors (Lipinski definition) is 2. The summed E-state index contributed by atoms with van der Waals surface area (Å²) in [6, 6.07) is 8.31. The Bertz CT molecular complexity index is 480. The van der Waals surface area contributed by atoms with Gasteiger partial charge < -0.3 is 10.8 Å². The molecule has 0 aliphatic heterocycles. The van der Waals surface area contributed by atoms with Gasteiger partial charge in [-0.15, -0.1) is 0 Å².